The third-order valence-electron chi connectivity index (χ3n) is 4.10. The van der Waals surface area contributed by atoms with Gasteiger partial charge in [-0.2, -0.15) is 0 Å². The minimum absolute atomic E-state index is 0.130. The van der Waals surface area contributed by atoms with Gasteiger partial charge in [0, 0.05) is 31.9 Å². The van der Waals surface area contributed by atoms with Crippen LogP contribution in [0.1, 0.15) is 5.56 Å². The number of halogens is 2. The van der Waals surface area contributed by atoms with E-state index in [0.717, 1.165) is 24.3 Å². The smallest absolute Gasteiger partial charge is 0.227 e. The monoisotopic (exact) mass is 332 g/mol. The lowest BCUT2D eigenvalue weighted by atomic mass is 10.1. The Morgan fingerprint density at radius 2 is 1.74 bits per heavy atom. The van der Waals surface area contributed by atoms with Crippen LogP contribution in [0.3, 0.4) is 0 Å². The molecule has 1 amide bonds. The fraction of sp³-hybridized carbons (Fsp3) is 0.278. The van der Waals surface area contributed by atoms with Crippen molar-refractivity contribution in [3.05, 3.63) is 64.9 Å². The molecule has 0 spiro atoms. The van der Waals surface area contributed by atoms with Crippen molar-refractivity contribution in [2.45, 2.75) is 6.42 Å². The highest BCUT2D eigenvalue weighted by atomic mass is 35.5. The maximum Gasteiger partial charge on any atom is 0.227 e. The lowest BCUT2D eigenvalue weighted by Gasteiger charge is -2.36. The molecule has 3 nitrogen and oxygen atoms in total. The fourth-order valence-electron chi connectivity index (χ4n) is 2.78. The van der Waals surface area contributed by atoms with Gasteiger partial charge in [-0.1, -0.05) is 41.9 Å². The van der Waals surface area contributed by atoms with Gasteiger partial charge in [-0.3, -0.25) is 4.79 Å². The molecule has 1 heterocycles. The Balaban J connectivity index is 1.57. The van der Waals surface area contributed by atoms with Crippen LogP contribution in [0.2, 0.25) is 5.02 Å². The zero-order chi connectivity index (χ0) is 16.2. The van der Waals surface area contributed by atoms with E-state index in [1.807, 2.05) is 35.2 Å². The van der Waals surface area contributed by atoms with Gasteiger partial charge in [-0.15, -0.1) is 0 Å². The molecule has 3 rings (SSSR count). The molecule has 0 aliphatic carbocycles. The van der Waals surface area contributed by atoms with Crippen molar-refractivity contribution in [2.24, 2.45) is 0 Å². The average molecular weight is 333 g/mol. The van der Waals surface area contributed by atoms with E-state index in [2.05, 4.69) is 4.90 Å². The van der Waals surface area contributed by atoms with Gasteiger partial charge >= 0.3 is 0 Å². The summed E-state index contributed by atoms with van der Waals surface area (Å²) in [5.74, 6) is -0.264. The molecule has 0 bridgehead atoms. The summed E-state index contributed by atoms with van der Waals surface area (Å²) in [6.45, 7) is 2.78. The molecule has 2 aromatic carbocycles. The summed E-state index contributed by atoms with van der Waals surface area (Å²) in [7, 11) is 0. The molecule has 0 atom stereocenters. The van der Waals surface area contributed by atoms with E-state index in [1.54, 1.807) is 12.1 Å². The van der Waals surface area contributed by atoms with Crippen molar-refractivity contribution in [2.75, 3.05) is 31.1 Å². The second-order valence-electron chi connectivity index (χ2n) is 5.63. The van der Waals surface area contributed by atoms with Crippen molar-refractivity contribution in [3.63, 3.8) is 0 Å². The second-order valence-corrected chi connectivity index (χ2v) is 6.04. The number of carbonyl (C=O) groups excluding carboxylic acids is 1. The minimum Gasteiger partial charge on any atom is -0.368 e. The van der Waals surface area contributed by atoms with E-state index in [-0.39, 0.29) is 10.9 Å². The van der Waals surface area contributed by atoms with Gasteiger partial charge in [-0.25, -0.2) is 4.39 Å². The van der Waals surface area contributed by atoms with E-state index in [0.29, 0.717) is 19.5 Å². The molecule has 0 aromatic heterocycles. The number of amides is 1. The summed E-state index contributed by atoms with van der Waals surface area (Å²) < 4.78 is 13.2. The molecule has 0 unspecified atom stereocenters. The SMILES string of the molecule is O=C(Cc1ccccc1)N1CCN(c2ccc(F)c(Cl)c2)CC1. The number of nitrogens with zero attached hydrogens (tertiary/aromatic N) is 2. The van der Waals surface area contributed by atoms with Gasteiger partial charge in [0.25, 0.3) is 0 Å². The molecule has 0 saturated carbocycles. The Bertz CT molecular complexity index is 685. The highest BCUT2D eigenvalue weighted by molar-refractivity contribution is 6.31. The number of benzene rings is 2. The summed E-state index contributed by atoms with van der Waals surface area (Å²) in [4.78, 5) is 16.4. The number of piperazine rings is 1. The zero-order valence-corrected chi connectivity index (χ0v) is 13.5. The number of carbonyl (C=O) groups is 1. The van der Waals surface area contributed by atoms with Crippen LogP contribution in [0, 0.1) is 5.82 Å². The highest BCUT2D eigenvalue weighted by Gasteiger charge is 2.21. The van der Waals surface area contributed by atoms with Crippen LogP contribution in [0.25, 0.3) is 0 Å². The maximum atomic E-state index is 13.2. The molecule has 1 fully saturated rings. The fourth-order valence-corrected chi connectivity index (χ4v) is 2.95. The second kappa shape index (κ2) is 7.01. The largest absolute Gasteiger partial charge is 0.368 e. The lowest BCUT2D eigenvalue weighted by Crippen LogP contribution is -2.49. The summed E-state index contributed by atoms with van der Waals surface area (Å²) in [6, 6.07) is 14.5. The topological polar surface area (TPSA) is 23.6 Å². The van der Waals surface area contributed by atoms with Crippen LogP contribution in [0.5, 0.6) is 0 Å². The summed E-state index contributed by atoms with van der Waals surface area (Å²) in [5.41, 5.74) is 1.93. The molecule has 120 valence electrons. The van der Waals surface area contributed by atoms with Crippen molar-refractivity contribution < 1.29 is 9.18 Å². The van der Waals surface area contributed by atoms with Crippen LogP contribution in [-0.2, 0) is 11.2 Å². The average Bonchev–Trinajstić information content (AvgIpc) is 2.58. The Morgan fingerprint density at radius 3 is 2.39 bits per heavy atom. The number of anilines is 1. The number of hydrogen-bond acceptors (Lipinski definition) is 2. The van der Waals surface area contributed by atoms with E-state index >= 15 is 0 Å². The van der Waals surface area contributed by atoms with Gasteiger partial charge < -0.3 is 9.80 Å². The van der Waals surface area contributed by atoms with Crippen LogP contribution in [0.15, 0.2) is 48.5 Å². The van der Waals surface area contributed by atoms with Crippen molar-refractivity contribution in [1.29, 1.82) is 0 Å². The number of hydrogen-bond donors (Lipinski definition) is 0. The molecule has 23 heavy (non-hydrogen) atoms. The first-order valence-corrected chi connectivity index (χ1v) is 8.03. The standard InChI is InChI=1S/C18H18ClFN2O/c19-16-13-15(6-7-17(16)20)21-8-10-22(11-9-21)18(23)12-14-4-2-1-3-5-14/h1-7,13H,8-12H2. The third-order valence-corrected chi connectivity index (χ3v) is 4.39. The molecular formula is C18H18ClFN2O. The molecule has 0 radical (unpaired) electrons. The first kappa shape index (κ1) is 15.8. The molecule has 0 N–H and O–H groups in total. The van der Waals surface area contributed by atoms with Crippen molar-refractivity contribution in [3.8, 4) is 0 Å². The van der Waals surface area contributed by atoms with E-state index in [9.17, 15) is 9.18 Å². The van der Waals surface area contributed by atoms with Gasteiger partial charge in [0.05, 0.1) is 11.4 Å². The van der Waals surface area contributed by atoms with Gasteiger partial charge in [0.1, 0.15) is 5.82 Å². The highest BCUT2D eigenvalue weighted by Crippen LogP contribution is 2.23. The first-order valence-electron chi connectivity index (χ1n) is 7.65. The van der Waals surface area contributed by atoms with E-state index in [4.69, 9.17) is 11.6 Å². The van der Waals surface area contributed by atoms with Gasteiger partial charge in [0.2, 0.25) is 5.91 Å². The van der Waals surface area contributed by atoms with Crippen molar-refractivity contribution in [1.82, 2.24) is 4.90 Å². The Hall–Kier alpha value is -2.07. The van der Waals surface area contributed by atoms with Crippen LogP contribution >= 0.6 is 11.6 Å². The normalized spacial score (nSPS) is 14.9. The quantitative estimate of drug-likeness (QED) is 0.860. The molecule has 1 saturated heterocycles. The maximum absolute atomic E-state index is 13.2. The molecule has 1 aliphatic heterocycles. The third kappa shape index (κ3) is 3.82. The molecular weight excluding hydrogens is 315 g/mol. The van der Waals surface area contributed by atoms with Gasteiger partial charge in [-0.05, 0) is 23.8 Å². The molecule has 2 aromatic rings. The van der Waals surface area contributed by atoms with E-state index < -0.39 is 5.82 Å². The Labute approximate surface area is 140 Å². The summed E-state index contributed by atoms with van der Waals surface area (Å²) >= 11 is 5.84. The Morgan fingerprint density at radius 1 is 1.04 bits per heavy atom. The predicted molar refractivity (Wildman–Crippen MR) is 90.3 cm³/mol. The minimum atomic E-state index is -0.410. The lowest BCUT2D eigenvalue weighted by molar-refractivity contribution is -0.130. The molecule has 1 aliphatic rings. The van der Waals surface area contributed by atoms with Crippen molar-refractivity contribution >= 4 is 23.2 Å². The van der Waals surface area contributed by atoms with Crippen LogP contribution in [0.4, 0.5) is 10.1 Å². The summed E-state index contributed by atoms with van der Waals surface area (Å²) in [5, 5.41) is 0.130. The Kier molecular flexibility index (Phi) is 4.82. The first-order chi connectivity index (χ1) is 11.1. The van der Waals surface area contributed by atoms with Crippen LogP contribution in [-0.4, -0.2) is 37.0 Å². The molecule has 5 heteroatoms. The van der Waals surface area contributed by atoms with E-state index in [1.165, 1.54) is 6.07 Å². The predicted octanol–water partition coefficient (Wildman–Crippen LogP) is 3.37. The van der Waals surface area contributed by atoms with Gasteiger partial charge in [0.15, 0.2) is 0 Å². The summed E-state index contributed by atoms with van der Waals surface area (Å²) in [6.07, 6.45) is 0.434. The zero-order valence-electron chi connectivity index (χ0n) is 12.7. The number of rotatable bonds is 3. The van der Waals surface area contributed by atoms with Crippen LogP contribution < -0.4 is 4.90 Å².